The number of rotatable bonds is 3. The number of hydrogen-bond donors (Lipinski definition) is 1. The van der Waals surface area contributed by atoms with Crippen molar-refractivity contribution in [2.24, 2.45) is 17.6 Å². The van der Waals surface area contributed by atoms with Crippen LogP contribution in [0, 0.1) is 17.7 Å². The fraction of sp³-hybridized carbons (Fsp3) is 0.625. The minimum atomic E-state index is -0.305. The molecule has 0 aromatic heterocycles. The molecule has 1 aliphatic rings. The third kappa shape index (κ3) is 3.27. The number of halogens is 1. The number of ether oxygens (including phenoxy) is 1. The van der Waals surface area contributed by atoms with Gasteiger partial charge in [-0.3, -0.25) is 0 Å². The van der Waals surface area contributed by atoms with Crippen molar-refractivity contribution in [1.29, 1.82) is 0 Å². The van der Waals surface area contributed by atoms with E-state index in [1.807, 2.05) is 6.07 Å². The van der Waals surface area contributed by atoms with Crippen molar-refractivity contribution >= 4 is 0 Å². The Kier molecular flexibility index (Phi) is 4.14. The van der Waals surface area contributed by atoms with Crippen LogP contribution >= 0.6 is 0 Å². The first-order valence-corrected chi connectivity index (χ1v) is 7.05. The smallest absolute Gasteiger partial charge is 0.165 e. The first kappa shape index (κ1) is 14.3. The second-order valence-electron chi connectivity index (χ2n) is 6.21. The van der Waals surface area contributed by atoms with E-state index in [0.717, 1.165) is 37.2 Å². The van der Waals surface area contributed by atoms with E-state index in [-0.39, 0.29) is 11.4 Å². The van der Waals surface area contributed by atoms with Gasteiger partial charge in [0.1, 0.15) is 0 Å². The van der Waals surface area contributed by atoms with Crippen molar-refractivity contribution in [1.82, 2.24) is 0 Å². The Bertz CT molecular complexity index is 448. The maximum atomic E-state index is 13.7. The molecule has 0 saturated heterocycles. The molecule has 0 bridgehead atoms. The van der Waals surface area contributed by atoms with Crippen LogP contribution in [0.25, 0.3) is 0 Å². The van der Waals surface area contributed by atoms with E-state index in [1.54, 1.807) is 12.1 Å². The standard InChI is InChI=1S/C16H24FNO/c1-11-6-7-16(18,9-12(11)2)10-13-4-5-15(19-3)14(17)8-13/h4-5,8,11-12H,6-7,9-10,18H2,1-3H3. The first-order valence-electron chi connectivity index (χ1n) is 7.05. The average Bonchev–Trinajstić information content (AvgIpc) is 2.34. The fourth-order valence-electron chi connectivity index (χ4n) is 3.13. The summed E-state index contributed by atoms with van der Waals surface area (Å²) >= 11 is 0. The molecule has 3 heteroatoms. The summed E-state index contributed by atoms with van der Waals surface area (Å²) in [5.41, 5.74) is 7.28. The molecule has 106 valence electrons. The van der Waals surface area contributed by atoms with Crippen LogP contribution in [0.3, 0.4) is 0 Å². The number of methoxy groups -OCH3 is 1. The van der Waals surface area contributed by atoms with Crippen LogP contribution in [0.2, 0.25) is 0 Å². The third-order valence-corrected chi connectivity index (χ3v) is 4.57. The van der Waals surface area contributed by atoms with Gasteiger partial charge in [-0.2, -0.15) is 0 Å². The molecule has 19 heavy (non-hydrogen) atoms. The lowest BCUT2D eigenvalue weighted by Crippen LogP contribution is -2.47. The number of nitrogens with two attached hydrogens (primary N) is 1. The molecule has 0 aliphatic heterocycles. The van der Waals surface area contributed by atoms with Gasteiger partial charge in [0, 0.05) is 5.54 Å². The molecule has 1 aliphatic carbocycles. The first-order chi connectivity index (χ1) is 8.93. The van der Waals surface area contributed by atoms with Gasteiger partial charge in [-0.1, -0.05) is 19.9 Å². The van der Waals surface area contributed by atoms with Crippen molar-refractivity contribution in [3.8, 4) is 5.75 Å². The Labute approximate surface area is 115 Å². The van der Waals surface area contributed by atoms with Gasteiger partial charge >= 0.3 is 0 Å². The number of benzene rings is 1. The molecule has 2 rings (SSSR count). The van der Waals surface area contributed by atoms with E-state index < -0.39 is 0 Å². The lowest BCUT2D eigenvalue weighted by Gasteiger charge is -2.40. The Balaban J connectivity index is 2.10. The maximum absolute atomic E-state index is 13.7. The molecule has 0 amide bonds. The van der Waals surface area contributed by atoms with Crippen molar-refractivity contribution in [3.63, 3.8) is 0 Å². The zero-order valence-electron chi connectivity index (χ0n) is 12.1. The zero-order chi connectivity index (χ0) is 14.0. The summed E-state index contributed by atoms with van der Waals surface area (Å²) in [6.07, 6.45) is 3.94. The third-order valence-electron chi connectivity index (χ3n) is 4.57. The van der Waals surface area contributed by atoms with E-state index >= 15 is 0 Å². The van der Waals surface area contributed by atoms with E-state index in [1.165, 1.54) is 7.11 Å². The predicted molar refractivity (Wildman–Crippen MR) is 75.8 cm³/mol. The van der Waals surface area contributed by atoms with Crippen molar-refractivity contribution < 1.29 is 9.13 Å². The van der Waals surface area contributed by atoms with Crippen molar-refractivity contribution in [2.45, 2.75) is 45.1 Å². The molecule has 1 fully saturated rings. The van der Waals surface area contributed by atoms with Gasteiger partial charge in [-0.05, 0) is 55.2 Å². The topological polar surface area (TPSA) is 35.2 Å². The highest BCUT2D eigenvalue weighted by molar-refractivity contribution is 5.30. The fourth-order valence-corrected chi connectivity index (χ4v) is 3.13. The zero-order valence-corrected chi connectivity index (χ0v) is 12.1. The van der Waals surface area contributed by atoms with Crippen molar-refractivity contribution in [3.05, 3.63) is 29.6 Å². The molecule has 3 atom stereocenters. The Morgan fingerprint density at radius 1 is 1.37 bits per heavy atom. The molecule has 1 aromatic carbocycles. The lowest BCUT2D eigenvalue weighted by molar-refractivity contribution is 0.175. The minimum Gasteiger partial charge on any atom is -0.494 e. The Hall–Kier alpha value is -1.09. The Morgan fingerprint density at radius 2 is 2.11 bits per heavy atom. The van der Waals surface area contributed by atoms with Crippen LogP contribution in [0.5, 0.6) is 5.75 Å². The molecule has 2 nitrogen and oxygen atoms in total. The molecule has 0 spiro atoms. The highest BCUT2D eigenvalue weighted by Crippen LogP contribution is 2.36. The highest BCUT2D eigenvalue weighted by atomic mass is 19.1. The number of hydrogen-bond acceptors (Lipinski definition) is 2. The lowest BCUT2D eigenvalue weighted by atomic mass is 9.69. The van der Waals surface area contributed by atoms with E-state index in [4.69, 9.17) is 10.5 Å². The summed E-state index contributed by atoms with van der Waals surface area (Å²) in [7, 11) is 1.48. The van der Waals surface area contributed by atoms with Crippen molar-refractivity contribution in [2.75, 3.05) is 7.11 Å². The molecule has 0 radical (unpaired) electrons. The molecule has 3 unspecified atom stereocenters. The summed E-state index contributed by atoms with van der Waals surface area (Å²) < 4.78 is 18.6. The Morgan fingerprint density at radius 3 is 2.68 bits per heavy atom. The summed E-state index contributed by atoms with van der Waals surface area (Å²) in [4.78, 5) is 0. The normalized spacial score (nSPS) is 31.2. The maximum Gasteiger partial charge on any atom is 0.165 e. The second kappa shape index (κ2) is 5.49. The largest absolute Gasteiger partial charge is 0.494 e. The van der Waals surface area contributed by atoms with Crippen LogP contribution in [0.15, 0.2) is 18.2 Å². The van der Waals surface area contributed by atoms with Gasteiger partial charge in [-0.25, -0.2) is 4.39 Å². The van der Waals surface area contributed by atoms with Gasteiger partial charge in [0.25, 0.3) is 0 Å². The molecular weight excluding hydrogens is 241 g/mol. The average molecular weight is 265 g/mol. The molecule has 1 aromatic rings. The summed E-state index contributed by atoms with van der Waals surface area (Å²) in [5.74, 6) is 1.37. The molecule has 1 saturated carbocycles. The van der Waals surface area contributed by atoms with Gasteiger partial charge in [-0.15, -0.1) is 0 Å². The quantitative estimate of drug-likeness (QED) is 0.907. The van der Waals surface area contributed by atoms with Gasteiger partial charge in [0.15, 0.2) is 11.6 Å². The van der Waals surface area contributed by atoms with Crippen LogP contribution in [-0.2, 0) is 6.42 Å². The van der Waals surface area contributed by atoms with Gasteiger partial charge in [0.05, 0.1) is 7.11 Å². The minimum absolute atomic E-state index is 0.188. The SMILES string of the molecule is COc1ccc(CC2(N)CCC(C)C(C)C2)cc1F. The summed E-state index contributed by atoms with van der Waals surface area (Å²) in [6.45, 7) is 4.55. The summed E-state index contributed by atoms with van der Waals surface area (Å²) in [6, 6.07) is 5.15. The molecule has 2 N–H and O–H groups in total. The van der Waals surface area contributed by atoms with E-state index in [0.29, 0.717) is 11.7 Å². The monoisotopic (exact) mass is 265 g/mol. The predicted octanol–water partition coefficient (Wildman–Crippen LogP) is 3.53. The van der Waals surface area contributed by atoms with Crippen LogP contribution in [-0.4, -0.2) is 12.6 Å². The van der Waals surface area contributed by atoms with Crippen LogP contribution in [0.4, 0.5) is 4.39 Å². The van der Waals surface area contributed by atoms with E-state index in [9.17, 15) is 4.39 Å². The second-order valence-corrected chi connectivity index (χ2v) is 6.21. The van der Waals surface area contributed by atoms with E-state index in [2.05, 4.69) is 13.8 Å². The van der Waals surface area contributed by atoms with Gasteiger partial charge in [0.2, 0.25) is 0 Å². The van der Waals surface area contributed by atoms with Gasteiger partial charge < -0.3 is 10.5 Å². The summed E-state index contributed by atoms with van der Waals surface area (Å²) in [5, 5.41) is 0. The molecule has 0 heterocycles. The van der Waals surface area contributed by atoms with Crippen LogP contribution in [0.1, 0.15) is 38.7 Å². The highest BCUT2D eigenvalue weighted by Gasteiger charge is 2.34. The van der Waals surface area contributed by atoms with Crippen LogP contribution < -0.4 is 10.5 Å². The molecular formula is C16H24FNO.